The Labute approximate surface area is 127 Å². The number of anilines is 1. The number of furan rings is 1. The number of rotatable bonds is 4. The van der Waals surface area contributed by atoms with Crippen molar-refractivity contribution in [3.05, 3.63) is 50.3 Å². The maximum Gasteiger partial charge on any atom is 0.372 e. The third kappa shape index (κ3) is 3.19. The number of carbonyl (C=O) groups is 1. The number of benzene rings is 1. The van der Waals surface area contributed by atoms with Gasteiger partial charge in [-0.3, -0.25) is 0 Å². The van der Waals surface area contributed by atoms with Gasteiger partial charge in [-0.25, -0.2) is 4.79 Å². The molecule has 6 heteroatoms. The number of halogens is 2. The van der Waals surface area contributed by atoms with E-state index in [2.05, 4.69) is 37.2 Å². The van der Waals surface area contributed by atoms with Gasteiger partial charge in [-0.1, -0.05) is 6.07 Å². The second-order valence-corrected chi connectivity index (χ2v) is 5.69. The number of hydrogen-bond donors (Lipinski definition) is 2. The molecular weight excluding hydrogens is 378 g/mol. The van der Waals surface area contributed by atoms with Gasteiger partial charge in [-0.05, 0) is 57.0 Å². The van der Waals surface area contributed by atoms with Gasteiger partial charge in [0.25, 0.3) is 0 Å². The minimum absolute atomic E-state index is 0.0111. The lowest BCUT2D eigenvalue weighted by Gasteiger charge is -2.09. The quantitative estimate of drug-likeness (QED) is 0.813. The van der Waals surface area contributed by atoms with Crippen LogP contribution in [0.3, 0.4) is 0 Å². The minimum atomic E-state index is -1.05. The van der Waals surface area contributed by atoms with Crippen molar-refractivity contribution in [1.82, 2.24) is 0 Å². The molecule has 0 unspecified atom stereocenters. The van der Waals surface area contributed by atoms with Gasteiger partial charge in [0.1, 0.15) is 5.76 Å². The third-order valence-electron chi connectivity index (χ3n) is 2.57. The van der Waals surface area contributed by atoms with Crippen LogP contribution >= 0.6 is 31.9 Å². The average molecular weight is 389 g/mol. The highest BCUT2D eigenvalue weighted by atomic mass is 79.9. The molecule has 100 valence electrons. The summed E-state index contributed by atoms with van der Waals surface area (Å²) < 4.78 is 7.12. The highest BCUT2D eigenvalue weighted by molar-refractivity contribution is 9.11. The maximum atomic E-state index is 10.9. The molecule has 0 aliphatic carbocycles. The summed E-state index contributed by atoms with van der Waals surface area (Å²) in [6, 6.07) is 7.48. The van der Waals surface area contributed by atoms with E-state index in [1.54, 1.807) is 13.0 Å². The van der Waals surface area contributed by atoms with E-state index in [-0.39, 0.29) is 5.76 Å². The van der Waals surface area contributed by atoms with Crippen LogP contribution in [0.1, 0.15) is 21.9 Å². The van der Waals surface area contributed by atoms with Crippen LogP contribution < -0.4 is 5.32 Å². The van der Waals surface area contributed by atoms with E-state index in [0.29, 0.717) is 17.9 Å². The Balaban J connectivity index is 2.15. The SMILES string of the molecule is Cc1cc(CNc2c(Br)cccc2Br)oc1C(=O)O. The van der Waals surface area contributed by atoms with Crippen molar-refractivity contribution in [3.63, 3.8) is 0 Å². The van der Waals surface area contributed by atoms with E-state index in [4.69, 9.17) is 9.52 Å². The Bertz CT molecular complexity index is 602. The van der Waals surface area contributed by atoms with Crippen molar-refractivity contribution in [1.29, 1.82) is 0 Å². The van der Waals surface area contributed by atoms with E-state index in [0.717, 1.165) is 14.6 Å². The van der Waals surface area contributed by atoms with Crippen molar-refractivity contribution in [3.8, 4) is 0 Å². The summed E-state index contributed by atoms with van der Waals surface area (Å²) in [5, 5.41) is 12.1. The highest BCUT2D eigenvalue weighted by Crippen LogP contribution is 2.31. The Kier molecular flexibility index (Phi) is 4.31. The van der Waals surface area contributed by atoms with E-state index >= 15 is 0 Å². The van der Waals surface area contributed by atoms with Crippen LogP contribution in [-0.4, -0.2) is 11.1 Å². The van der Waals surface area contributed by atoms with Crippen LogP contribution in [0.15, 0.2) is 37.6 Å². The fraction of sp³-hybridized carbons (Fsp3) is 0.154. The summed E-state index contributed by atoms with van der Waals surface area (Å²) in [7, 11) is 0. The minimum Gasteiger partial charge on any atom is -0.475 e. The molecule has 0 spiro atoms. The predicted octanol–water partition coefficient (Wildman–Crippen LogP) is 4.42. The van der Waals surface area contributed by atoms with Crippen molar-refractivity contribution in [2.24, 2.45) is 0 Å². The number of para-hydroxylation sites is 1. The standard InChI is InChI=1S/C13H11Br2NO3/c1-7-5-8(19-12(7)13(17)18)6-16-11-9(14)3-2-4-10(11)15/h2-5,16H,6H2,1H3,(H,17,18). The molecule has 2 rings (SSSR count). The summed E-state index contributed by atoms with van der Waals surface area (Å²) in [4.78, 5) is 10.9. The number of carboxylic acid groups (broad SMARTS) is 1. The smallest absolute Gasteiger partial charge is 0.372 e. The summed E-state index contributed by atoms with van der Waals surface area (Å²) in [6.07, 6.45) is 0. The second-order valence-electron chi connectivity index (χ2n) is 3.98. The Morgan fingerprint density at radius 3 is 2.53 bits per heavy atom. The van der Waals surface area contributed by atoms with Crippen LogP contribution in [0.25, 0.3) is 0 Å². The molecule has 1 aromatic heterocycles. The topological polar surface area (TPSA) is 62.5 Å². The average Bonchev–Trinajstić information content (AvgIpc) is 2.70. The van der Waals surface area contributed by atoms with Crippen molar-refractivity contribution in [2.45, 2.75) is 13.5 Å². The summed E-state index contributed by atoms with van der Waals surface area (Å²) in [5.41, 5.74) is 1.52. The van der Waals surface area contributed by atoms with Crippen molar-refractivity contribution >= 4 is 43.5 Å². The molecule has 1 aromatic carbocycles. The van der Waals surface area contributed by atoms with E-state index in [1.807, 2.05) is 18.2 Å². The van der Waals surface area contributed by atoms with E-state index in [9.17, 15) is 4.79 Å². The van der Waals surface area contributed by atoms with Gasteiger partial charge in [0.05, 0.1) is 12.2 Å². The zero-order valence-electron chi connectivity index (χ0n) is 10.0. The summed E-state index contributed by atoms with van der Waals surface area (Å²) >= 11 is 6.89. The number of aromatic carboxylic acids is 1. The van der Waals surface area contributed by atoms with Gasteiger partial charge >= 0.3 is 5.97 Å². The van der Waals surface area contributed by atoms with Crippen LogP contribution in [-0.2, 0) is 6.54 Å². The number of carboxylic acids is 1. The maximum absolute atomic E-state index is 10.9. The van der Waals surface area contributed by atoms with Crippen LogP contribution in [0.4, 0.5) is 5.69 Å². The molecule has 0 radical (unpaired) electrons. The molecule has 1 heterocycles. The van der Waals surface area contributed by atoms with Gasteiger partial charge in [0.2, 0.25) is 5.76 Å². The molecular formula is C13H11Br2NO3. The Morgan fingerprint density at radius 1 is 1.37 bits per heavy atom. The lowest BCUT2D eigenvalue weighted by atomic mass is 10.2. The molecule has 0 bridgehead atoms. The van der Waals surface area contributed by atoms with Gasteiger partial charge in [0.15, 0.2) is 0 Å². The number of aryl methyl sites for hydroxylation is 1. The lowest BCUT2D eigenvalue weighted by molar-refractivity contribution is 0.0659. The molecule has 0 aliphatic heterocycles. The first-order chi connectivity index (χ1) is 8.99. The van der Waals surface area contributed by atoms with Gasteiger partial charge < -0.3 is 14.8 Å². The fourth-order valence-electron chi connectivity index (χ4n) is 1.69. The zero-order valence-corrected chi connectivity index (χ0v) is 13.2. The second kappa shape index (κ2) is 5.79. The molecule has 0 fully saturated rings. The first-order valence-corrected chi connectivity index (χ1v) is 7.08. The molecule has 2 N–H and O–H groups in total. The summed E-state index contributed by atoms with van der Waals surface area (Å²) in [6.45, 7) is 2.13. The van der Waals surface area contributed by atoms with Gasteiger partial charge in [0, 0.05) is 14.5 Å². The first kappa shape index (κ1) is 14.1. The van der Waals surface area contributed by atoms with Gasteiger partial charge in [-0.2, -0.15) is 0 Å². The number of nitrogens with one attached hydrogen (secondary N) is 1. The van der Waals surface area contributed by atoms with E-state index < -0.39 is 5.97 Å². The molecule has 19 heavy (non-hydrogen) atoms. The molecule has 0 saturated carbocycles. The summed E-state index contributed by atoms with van der Waals surface area (Å²) in [5.74, 6) is -0.480. The van der Waals surface area contributed by atoms with Crippen LogP contribution in [0, 0.1) is 6.92 Å². The molecule has 0 atom stereocenters. The zero-order chi connectivity index (χ0) is 14.0. The lowest BCUT2D eigenvalue weighted by Crippen LogP contribution is -2.00. The van der Waals surface area contributed by atoms with E-state index in [1.165, 1.54) is 0 Å². The van der Waals surface area contributed by atoms with Crippen LogP contribution in [0.5, 0.6) is 0 Å². The van der Waals surface area contributed by atoms with Crippen molar-refractivity contribution < 1.29 is 14.3 Å². The Morgan fingerprint density at radius 2 is 2.00 bits per heavy atom. The van der Waals surface area contributed by atoms with Crippen LogP contribution in [0.2, 0.25) is 0 Å². The van der Waals surface area contributed by atoms with Gasteiger partial charge in [-0.15, -0.1) is 0 Å². The molecule has 0 aliphatic rings. The number of hydrogen-bond acceptors (Lipinski definition) is 3. The Hall–Kier alpha value is -1.27. The molecule has 2 aromatic rings. The third-order valence-corrected chi connectivity index (χ3v) is 3.89. The molecule has 0 saturated heterocycles. The normalized spacial score (nSPS) is 10.5. The molecule has 0 amide bonds. The monoisotopic (exact) mass is 387 g/mol. The first-order valence-electron chi connectivity index (χ1n) is 5.49. The molecule has 4 nitrogen and oxygen atoms in total. The van der Waals surface area contributed by atoms with Crippen molar-refractivity contribution in [2.75, 3.05) is 5.32 Å². The fourth-order valence-corrected chi connectivity index (χ4v) is 2.97. The largest absolute Gasteiger partial charge is 0.475 e. The predicted molar refractivity (Wildman–Crippen MR) is 79.6 cm³/mol. The highest BCUT2D eigenvalue weighted by Gasteiger charge is 2.14.